The smallest absolute Gasteiger partial charge is 0.327 e. The molecule has 0 bridgehead atoms. The minimum absolute atomic E-state index is 0.784. The van der Waals surface area contributed by atoms with Gasteiger partial charge in [-0.05, 0) is 6.42 Å². The summed E-state index contributed by atoms with van der Waals surface area (Å²) in [4.78, 5) is 9.67. The van der Waals surface area contributed by atoms with E-state index in [0.717, 1.165) is 12.5 Å². The van der Waals surface area contributed by atoms with E-state index in [-0.39, 0.29) is 0 Å². The Balaban J connectivity index is 0. The molecule has 0 aromatic rings. The van der Waals surface area contributed by atoms with Gasteiger partial charge in [-0.2, -0.15) is 0 Å². The lowest BCUT2D eigenvalue weighted by molar-refractivity contribution is -0.131. The molecule has 0 aromatic carbocycles. The van der Waals surface area contributed by atoms with E-state index in [0.29, 0.717) is 0 Å². The van der Waals surface area contributed by atoms with Gasteiger partial charge in [0.1, 0.15) is 0 Å². The molecule has 0 aliphatic rings. The summed E-state index contributed by atoms with van der Waals surface area (Å²) in [6.07, 6.45) is 3.52. The zero-order chi connectivity index (χ0) is 9.11. The Kier molecular flexibility index (Phi) is 14.5. The molecule has 0 aliphatic carbocycles. The SMILES string of the molecule is CC/C=C/C(=O)O.[B][B][B][B]. The summed E-state index contributed by atoms with van der Waals surface area (Å²) in [6.45, 7) is 1.89. The van der Waals surface area contributed by atoms with Gasteiger partial charge in [0.05, 0.1) is 0 Å². The fraction of sp³-hybridized carbons (Fsp3) is 0.400. The molecular formula is C5H8B4O2. The van der Waals surface area contributed by atoms with Gasteiger partial charge in [0.15, 0.2) is 0 Å². The van der Waals surface area contributed by atoms with E-state index in [1.807, 2.05) is 6.92 Å². The second-order valence-corrected chi connectivity index (χ2v) is 1.53. The van der Waals surface area contributed by atoms with Crippen LogP contribution in [0.2, 0.25) is 0 Å². The third-order valence-electron chi connectivity index (χ3n) is 0.607. The van der Waals surface area contributed by atoms with Crippen LogP contribution in [-0.2, 0) is 4.79 Å². The van der Waals surface area contributed by atoms with Gasteiger partial charge < -0.3 is 5.11 Å². The molecule has 0 amide bonds. The van der Waals surface area contributed by atoms with Crippen LogP contribution < -0.4 is 0 Å². The molecule has 0 aromatic heterocycles. The van der Waals surface area contributed by atoms with Crippen LogP contribution >= 0.6 is 0 Å². The third-order valence-corrected chi connectivity index (χ3v) is 0.607. The van der Waals surface area contributed by atoms with Crippen molar-refractivity contribution in [2.75, 3.05) is 0 Å². The monoisotopic (exact) mass is 144 g/mol. The molecule has 0 unspecified atom stereocenters. The Bertz CT molecular complexity index is 113. The maximum atomic E-state index is 9.67. The molecule has 2 nitrogen and oxygen atoms in total. The number of rotatable bonds is 3. The first kappa shape index (κ1) is 13.1. The van der Waals surface area contributed by atoms with Crippen LogP contribution in [0.1, 0.15) is 13.3 Å². The van der Waals surface area contributed by atoms with Gasteiger partial charge in [0.25, 0.3) is 0 Å². The zero-order valence-corrected chi connectivity index (χ0v) is 6.53. The van der Waals surface area contributed by atoms with E-state index >= 15 is 0 Å². The predicted octanol–water partition coefficient (Wildman–Crippen LogP) is -0.486. The molecule has 0 saturated heterocycles. The Labute approximate surface area is 71.7 Å². The third kappa shape index (κ3) is 26.4. The first-order chi connectivity index (χ1) is 5.18. The Morgan fingerprint density at radius 2 is 2.00 bits per heavy atom. The highest BCUT2D eigenvalue weighted by molar-refractivity contribution is 7.37. The first-order valence-electron chi connectivity index (χ1n) is 3.17. The maximum absolute atomic E-state index is 9.67. The summed E-state index contributed by atoms with van der Waals surface area (Å²) in [5, 5.41) is 7.96. The van der Waals surface area contributed by atoms with Crippen molar-refractivity contribution < 1.29 is 9.90 Å². The highest BCUT2D eigenvalue weighted by Gasteiger charge is 1.79. The van der Waals surface area contributed by atoms with Crippen LogP contribution in [0.25, 0.3) is 0 Å². The number of carbonyl (C=O) groups is 1. The topological polar surface area (TPSA) is 37.3 Å². The number of allylic oxidation sites excluding steroid dienone is 1. The van der Waals surface area contributed by atoms with Gasteiger partial charge in [-0.3, -0.25) is 0 Å². The molecule has 0 rings (SSSR count). The molecule has 0 fully saturated rings. The molecule has 0 spiro atoms. The van der Waals surface area contributed by atoms with E-state index in [9.17, 15) is 4.79 Å². The molecule has 0 saturated carbocycles. The van der Waals surface area contributed by atoms with E-state index in [1.165, 1.54) is 14.1 Å². The Hall–Kier alpha value is -0.530. The fourth-order valence-electron chi connectivity index (χ4n) is 0.219. The summed E-state index contributed by atoms with van der Waals surface area (Å²) in [5.74, 6) is -0.873. The molecule has 6 heteroatoms. The minimum Gasteiger partial charge on any atom is -0.478 e. The zero-order valence-electron chi connectivity index (χ0n) is 6.53. The number of carboxylic acids is 1. The van der Waals surface area contributed by atoms with Gasteiger partial charge in [0, 0.05) is 35.7 Å². The Morgan fingerprint density at radius 3 is 2.09 bits per heavy atom. The predicted molar refractivity (Wildman–Crippen MR) is 50.1 cm³/mol. The van der Waals surface area contributed by atoms with Gasteiger partial charge >= 0.3 is 5.97 Å². The molecule has 6 radical (unpaired) electrons. The van der Waals surface area contributed by atoms with Crippen molar-refractivity contribution in [1.29, 1.82) is 0 Å². The summed E-state index contributed by atoms with van der Waals surface area (Å²) < 4.78 is 0. The van der Waals surface area contributed by atoms with Crippen molar-refractivity contribution in [2.24, 2.45) is 0 Å². The van der Waals surface area contributed by atoms with E-state index < -0.39 is 5.97 Å². The van der Waals surface area contributed by atoms with Gasteiger partial charge in [-0.15, -0.1) is 0 Å². The van der Waals surface area contributed by atoms with Crippen LogP contribution in [0.4, 0.5) is 0 Å². The van der Waals surface area contributed by atoms with Crippen LogP contribution in [-0.4, -0.2) is 40.7 Å². The lowest BCUT2D eigenvalue weighted by Gasteiger charge is -1.73. The fourth-order valence-corrected chi connectivity index (χ4v) is 0.219. The molecule has 1 N–H and O–H groups in total. The highest BCUT2D eigenvalue weighted by Crippen LogP contribution is 1.76. The number of aliphatic carboxylic acids is 1. The van der Waals surface area contributed by atoms with E-state index in [4.69, 9.17) is 20.6 Å². The van der Waals surface area contributed by atoms with Gasteiger partial charge in [-0.1, -0.05) is 13.0 Å². The minimum atomic E-state index is -0.873. The van der Waals surface area contributed by atoms with Crippen molar-refractivity contribution in [1.82, 2.24) is 0 Å². The molecule has 52 valence electrons. The standard InChI is InChI=1S/C5H8O2.B4/c1-2-3-4-5(6)7;1-3-4-2/h3-4H,2H2,1H3,(H,6,7);/b4-3+;. The van der Waals surface area contributed by atoms with Gasteiger partial charge in [-0.25, -0.2) is 4.79 Å². The number of hydrogen-bond acceptors (Lipinski definition) is 1. The average Bonchev–Trinajstić information content (AvgIpc) is 2.01. The van der Waals surface area contributed by atoms with Crippen molar-refractivity contribution in [3.05, 3.63) is 12.2 Å². The molecular weight excluding hydrogens is 135 g/mol. The lowest BCUT2D eigenvalue weighted by atomic mass is 9.19. The largest absolute Gasteiger partial charge is 0.478 e. The maximum Gasteiger partial charge on any atom is 0.327 e. The van der Waals surface area contributed by atoms with Crippen LogP contribution in [0.3, 0.4) is 0 Å². The number of carboxylic acid groups (broad SMARTS) is 1. The van der Waals surface area contributed by atoms with Crippen molar-refractivity contribution in [2.45, 2.75) is 13.3 Å². The second-order valence-electron chi connectivity index (χ2n) is 1.53. The molecule has 0 aliphatic heterocycles. The van der Waals surface area contributed by atoms with E-state index in [1.54, 1.807) is 6.08 Å². The first-order valence-corrected chi connectivity index (χ1v) is 3.17. The summed E-state index contributed by atoms with van der Waals surface area (Å²) in [6, 6.07) is 0. The molecule has 0 heterocycles. The Morgan fingerprint density at radius 1 is 1.55 bits per heavy atom. The average molecular weight is 143 g/mol. The lowest BCUT2D eigenvalue weighted by Crippen LogP contribution is -2.00. The van der Waals surface area contributed by atoms with Gasteiger partial charge in [0.2, 0.25) is 0 Å². The molecule has 0 atom stereocenters. The van der Waals surface area contributed by atoms with Crippen LogP contribution in [0, 0.1) is 0 Å². The van der Waals surface area contributed by atoms with E-state index in [2.05, 4.69) is 0 Å². The highest BCUT2D eigenvalue weighted by atomic mass is 16.4. The number of hydrogen-bond donors (Lipinski definition) is 1. The van der Waals surface area contributed by atoms with Crippen molar-refractivity contribution in [3.8, 4) is 0 Å². The van der Waals surface area contributed by atoms with Crippen molar-refractivity contribution in [3.63, 3.8) is 0 Å². The quantitative estimate of drug-likeness (QED) is 0.428. The molecule has 11 heavy (non-hydrogen) atoms. The summed E-state index contributed by atoms with van der Waals surface area (Å²) in [5.41, 5.74) is 0. The van der Waals surface area contributed by atoms with Crippen LogP contribution in [0.5, 0.6) is 0 Å². The summed E-state index contributed by atoms with van der Waals surface area (Å²) >= 11 is 0. The second kappa shape index (κ2) is 12.2. The normalized spacial score (nSPS) is 8.09. The van der Waals surface area contributed by atoms with Crippen LogP contribution in [0.15, 0.2) is 12.2 Å². The summed E-state index contributed by atoms with van der Waals surface area (Å²) in [7, 11) is 12.0. The van der Waals surface area contributed by atoms with Crippen molar-refractivity contribution >= 4 is 35.6 Å².